The van der Waals surface area contributed by atoms with Crippen molar-refractivity contribution in [2.24, 2.45) is 5.73 Å². The van der Waals surface area contributed by atoms with Crippen LogP contribution in [0.5, 0.6) is 5.75 Å². The van der Waals surface area contributed by atoms with E-state index in [2.05, 4.69) is 20.9 Å². The molecule has 1 aromatic heterocycles. The molecule has 1 heterocycles. The fraction of sp³-hybridized carbons (Fsp3) is 0.444. The number of nitrogens with zero attached hydrogens (tertiary/aromatic N) is 1. The molecule has 0 saturated heterocycles. The Kier molecular flexibility index (Phi) is 3.69. The molecule has 4 heteroatoms. The van der Waals surface area contributed by atoms with Gasteiger partial charge in [-0.1, -0.05) is 0 Å². The second kappa shape index (κ2) is 4.58. The lowest BCUT2D eigenvalue weighted by Crippen LogP contribution is -2.18. The zero-order valence-electron chi connectivity index (χ0n) is 7.75. The number of rotatable bonds is 3. The molecule has 0 unspecified atom stereocenters. The van der Waals surface area contributed by atoms with Gasteiger partial charge < -0.3 is 10.5 Å². The lowest BCUT2D eigenvalue weighted by Gasteiger charge is -2.11. The first-order chi connectivity index (χ1) is 6.15. The van der Waals surface area contributed by atoms with Gasteiger partial charge in [0.2, 0.25) is 0 Å². The van der Waals surface area contributed by atoms with Crippen LogP contribution in [0.25, 0.3) is 0 Å². The highest BCUT2D eigenvalue weighted by Crippen LogP contribution is 2.25. The van der Waals surface area contributed by atoms with E-state index < -0.39 is 0 Å². The van der Waals surface area contributed by atoms with E-state index >= 15 is 0 Å². The SMILES string of the molecule is COc1cncc(Br)c1C[C@@H](C)N. The van der Waals surface area contributed by atoms with E-state index in [1.807, 2.05) is 6.92 Å². The molecular formula is C9H13BrN2O. The first-order valence-corrected chi connectivity index (χ1v) is 4.86. The summed E-state index contributed by atoms with van der Waals surface area (Å²) >= 11 is 3.42. The van der Waals surface area contributed by atoms with Crippen molar-refractivity contribution in [2.45, 2.75) is 19.4 Å². The van der Waals surface area contributed by atoms with Crippen LogP contribution in [0.3, 0.4) is 0 Å². The minimum absolute atomic E-state index is 0.118. The standard InChI is InChI=1S/C9H13BrN2O/c1-6(11)3-7-8(10)4-12-5-9(7)13-2/h4-6H,3,11H2,1-2H3/t6-/m1/s1. The summed E-state index contributed by atoms with van der Waals surface area (Å²) in [6.07, 6.45) is 4.23. The normalized spacial score (nSPS) is 12.6. The van der Waals surface area contributed by atoms with Crippen molar-refractivity contribution in [3.8, 4) is 5.75 Å². The number of halogens is 1. The van der Waals surface area contributed by atoms with Gasteiger partial charge in [0.25, 0.3) is 0 Å². The predicted molar refractivity (Wildman–Crippen MR) is 55.8 cm³/mol. The zero-order chi connectivity index (χ0) is 9.84. The number of methoxy groups -OCH3 is 1. The lowest BCUT2D eigenvalue weighted by molar-refractivity contribution is 0.406. The summed E-state index contributed by atoms with van der Waals surface area (Å²) in [5.41, 5.74) is 6.80. The molecular weight excluding hydrogens is 232 g/mol. The molecule has 1 atom stereocenters. The summed E-state index contributed by atoms with van der Waals surface area (Å²) in [5.74, 6) is 0.784. The van der Waals surface area contributed by atoms with E-state index in [1.165, 1.54) is 0 Å². The largest absolute Gasteiger partial charge is 0.495 e. The molecule has 2 N–H and O–H groups in total. The first-order valence-electron chi connectivity index (χ1n) is 4.07. The predicted octanol–water partition coefficient (Wildman–Crippen LogP) is 1.74. The molecule has 0 aliphatic heterocycles. The molecule has 0 radical (unpaired) electrons. The topological polar surface area (TPSA) is 48.1 Å². The second-order valence-corrected chi connectivity index (χ2v) is 3.84. The van der Waals surface area contributed by atoms with Crippen LogP contribution >= 0.6 is 15.9 Å². The van der Waals surface area contributed by atoms with Gasteiger partial charge in [-0.2, -0.15) is 0 Å². The van der Waals surface area contributed by atoms with E-state index in [-0.39, 0.29) is 6.04 Å². The summed E-state index contributed by atoms with van der Waals surface area (Å²) in [7, 11) is 1.63. The van der Waals surface area contributed by atoms with Crippen molar-refractivity contribution in [3.63, 3.8) is 0 Å². The van der Waals surface area contributed by atoms with Crippen molar-refractivity contribution in [1.82, 2.24) is 4.98 Å². The van der Waals surface area contributed by atoms with Crippen LogP contribution in [0.15, 0.2) is 16.9 Å². The minimum atomic E-state index is 0.118. The molecule has 0 fully saturated rings. The van der Waals surface area contributed by atoms with E-state index in [0.29, 0.717) is 0 Å². The second-order valence-electron chi connectivity index (χ2n) is 2.98. The molecule has 0 aliphatic rings. The Balaban J connectivity index is 3.00. The van der Waals surface area contributed by atoms with E-state index in [1.54, 1.807) is 19.5 Å². The van der Waals surface area contributed by atoms with Gasteiger partial charge in [-0.05, 0) is 29.3 Å². The Hall–Kier alpha value is -0.610. The van der Waals surface area contributed by atoms with E-state index in [0.717, 1.165) is 22.2 Å². The molecule has 0 spiro atoms. The maximum Gasteiger partial charge on any atom is 0.141 e. The average Bonchev–Trinajstić information content (AvgIpc) is 2.08. The first kappa shape index (κ1) is 10.5. The number of nitrogens with two attached hydrogens (primary N) is 1. The monoisotopic (exact) mass is 244 g/mol. The van der Waals surface area contributed by atoms with Crippen molar-refractivity contribution in [2.75, 3.05) is 7.11 Å². The van der Waals surface area contributed by atoms with Gasteiger partial charge in [-0.3, -0.25) is 4.98 Å². The van der Waals surface area contributed by atoms with Crippen molar-refractivity contribution in [3.05, 3.63) is 22.4 Å². The van der Waals surface area contributed by atoms with E-state index in [4.69, 9.17) is 10.5 Å². The Labute approximate surface area is 86.4 Å². The number of hydrogen-bond donors (Lipinski definition) is 1. The molecule has 72 valence electrons. The Bertz CT molecular complexity index is 289. The van der Waals surface area contributed by atoms with Gasteiger partial charge >= 0.3 is 0 Å². The van der Waals surface area contributed by atoms with Gasteiger partial charge in [-0.15, -0.1) is 0 Å². The third kappa shape index (κ3) is 2.67. The molecule has 0 saturated carbocycles. The summed E-state index contributed by atoms with van der Waals surface area (Å²) in [6, 6.07) is 0.118. The highest BCUT2D eigenvalue weighted by molar-refractivity contribution is 9.10. The van der Waals surface area contributed by atoms with Crippen LogP contribution in [-0.4, -0.2) is 18.1 Å². The maximum absolute atomic E-state index is 5.72. The number of pyridine rings is 1. The zero-order valence-corrected chi connectivity index (χ0v) is 9.34. The molecule has 0 amide bonds. The smallest absolute Gasteiger partial charge is 0.141 e. The summed E-state index contributed by atoms with van der Waals surface area (Å²) in [4.78, 5) is 4.01. The van der Waals surface area contributed by atoms with Crippen LogP contribution in [0.4, 0.5) is 0 Å². The van der Waals surface area contributed by atoms with Gasteiger partial charge in [-0.25, -0.2) is 0 Å². The lowest BCUT2D eigenvalue weighted by atomic mass is 10.1. The molecule has 3 nitrogen and oxygen atoms in total. The van der Waals surface area contributed by atoms with Gasteiger partial charge in [0, 0.05) is 22.3 Å². The Morgan fingerprint density at radius 3 is 2.85 bits per heavy atom. The quantitative estimate of drug-likeness (QED) is 0.882. The van der Waals surface area contributed by atoms with Gasteiger partial charge in [0.05, 0.1) is 13.3 Å². The van der Waals surface area contributed by atoms with Crippen LogP contribution in [-0.2, 0) is 6.42 Å². The van der Waals surface area contributed by atoms with Crippen molar-refractivity contribution in [1.29, 1.82) is 0 Å². The van der Waals surface area contributed by atoms with Gasteiger partial charge in [0.1, 0.15) is 5.75 Å². The fourth-order valence-electron chi connectivity index (χ4n) is 1.14. The van der Waals surface area contributed by atoms with Crippen molar-refractivity contribution >= 4 is 15.9 Å². The minimum Gasteiger partial charge on any atom is -0.495 e. The van der Waals surface area contributed by atoms with Crippen LogP contribution in [0.1, 0.15) is 12.5 Å². The van der Waals surface area contributed by atoms with Crippen LogP contribution in [0.2, 0.25) is 0 Å². The average molecular weight is 245 g/mol. The van der Waals surface area contributed by atoms with Crippen molar-refractivity contribution < 1.29 is 4.74 Å². The fourth-order valence-corrected chi connectivity index (χ4v) is 1.62. The molecule has 1 rings (SSSR count). The van der Waals surface area contributed by atoms with Crippen LogP contribution < -0.4 is 10.5 Å². The van der Waals surface area contributed by atoms with E-state index in [9.17, 15) is 0 Å². The van der Waals surface area contributed by atoms with Crippen LogP contribution in [0, 0.1) is 0 Å². The third-order valence-electron chi connectivity index (χ3n) is 1.71. The third-order valence-corrected chi connectivity index (χ3v) is 2.39. The molecule has 0 aliphatic carbocycles. The number of hydrogen-bond acceptors (Lipinski definition) is 3. The molecule has 1 aromatic rings. The summed E-state index contributed by atoms with van der Waals surface area (Å²) in [5, 5.41) is 0. The highest BCUT2D eigenvalue weighted by Gasteiger charge is 2.09. The molecule has 0 bridgehead atoms. The Morgan fingerprint density at radius 1 is 1.62 bits per heavy atom. The highest BCUT2D eigenvalue weighted by atomic mass is 79.9. The maximum atomic E-state index is 5.72. The number of aromatic nitrogens is 1. The summed E-state index contributed by atoms with van der Waals surface area (Å²) < 4.78 is 6.13. The molecule has 13 heavy (non-hydrogen) atoms. The molecule has 0 aromatic carbocycles. The number of ether oxygens (including phenoxy) is 1. The van der Waals surface area contributed by atoms with Gasteiger partial charge in [0.15, 0.2) is 0 Å². The summed E-state index contributed by atoms with van der Waals surface area (Å²) in [6.45, 7) is 1.96. The Morgan fingerprint density at radius 2 is 2.31 bits per heavy atom.